The van der Waals surface area contributed by atoms with Gasteiger partial charge in [-0.25, -0.2) is 0 Å². The zero-order valence-electron chi connectivity index (χ0n) is 13.5. The van der Waals surface area contributed by atoms with Gasteiger partial charge in [0.2, 0.25) is 0 Å². The van der Waals surface area contributed by atoms with Crippen LogP contribution in [0.2, 0.25) is 0 Å². The molecule has 1 aromatic carbocycles. The number of nitrogens with one attached hydrogen (secondary N) is 1. The minimum atomic E-state index is -4.24. The summed E-state index contributed by atoms with van der Waals surface area (Å²) >= 11 is 0. The average molecular weight is 340 g/mol. The van der Waals surface area contributed by atoms with Crippen molar-refractivity contribution in [2.45, 2.75) is 25.4 Å². The highest BCUT2D eigenvalue weighted by Gasteiger charge is 2.44. The van der Waals surface area contributed by atoms with Crippen molar-refractivity contribution in [3.8, 4) is 0 Å². The summed E-state index contributed by atoms with van der Waals surface area (Å²) in [7, 11) is 0. The summed E-state index contributed by atoms with van der Waals surface area (Å²) < 4.78 is 37.9. The Bertz CT molecular complexity index is 625. The van der Waals surface area contributed by atoms with Crippen LogP contribution in [0.4, 0.5) is 18.9 Å². The summed E-state index contributed by atoms with van der Waals surface area (Å²) in [6.45, 7) is 3.78. The first-order valence-electron chi connectivity index (χ1n) is 8.15. The molecule has 1 aromatic rings. The SMILES string of the molecule is N/C=C(\c1cc(CC(F)(F)F)ccc1N)N1CC2(CCNCC2)C1. The summed E-state index contributed by atoms with van der Waals surface area (Å²) in [5.41, 5.74) is 14.0. The number of piperidine rings is 1. The lowest BCUT2D eigenvalue weighted by Crippen LogP contribution is -2.58. The Morgan fingerprint density at radius 3 is 2.50 bits per heavy atom. The van der Waals surface area contributed by atoms with Crippen LogP contribution in [0.1, 0.15) is 24.0 Å². The van der Waals surface area contributed by atoms with Crippen molar-refractivity contribution in [3.63, 3.8) is 0 Å². The first-order valence-corrected chi connectivity index (χ1v) is 8.15. The second-order valence-electron chi connectivity index (χ2n) is 6.87. The molecule has 24 heavy (non-hydrogen) atoms. The smallest absolute Gasteiger partial charge is 0.393 e. The minimum Gasteiger partial charge on any atom is -0.403 e. The predicted octanol–water partition coefficient (Wildman–Crippen LogP) is 2.32. The monoisotopic (exact) mass is 340 g/mol. The average Bonchev–Trinajstić information content (AvgIpc) is 2.49. The molecule has 0 radical (unpaired) electrons. The van der Waals surface area contributed by atoms with Gasteiger partial charge in [0.1, 0.15) is 0 Å². The van der Waals surface area contributed by atoms with E-state index in [-0.39, 0.29) is 5.56 Å². The second kappa shape index (κ2) is 6.20. The number of anilines is 1. The Kier molecular flexibility index (Phi) is 4.38. The van der Waals surface area contributed by atoms with Gasteiger partial charge in [-0.2, -0.15) is 13.2 Å². The van der Waals surface area contributed by atoms with E-state index in [1.807, 2.05) is 0 Å². The number of alkyl halides is 3. The Hall–Kier alpha value is -1.89. The van der Waals surface area contributed by atoms with Crippen molar-refractivity contribution in [1.29, 1.82) is 0 Å². The zero-order valence-corrected chi connectivity index (χ0v) is 13.5. The van der Waals surface area contributed by atoms with Gasteiger partial charge in [0.05, 0.1) is 12.1 Å². The van der Waals surface area contributed by atoms with Crippen molar-refractivity contribution in [2.24, 2.45) is 11.1 Å². The molecule has 2 aliphatic rings. The summed E-state index contributed by atoms with van der Waals surface area (Å²) in [4.78, 5) is 2.12. The third-order valence-corrected chi connectivity index (χ3v) is 5.01. The number of likely N-dealkylation sites (tertiary alicyclic amines) is 1. The molecule has 0 aliphatic carbocycles. The van der Waals surface area contributed by atoms with Crippen LogP contribution < -0.4 is 16.8 Å². The van der Waals surface area contributed by atoms with E-state index in [1.54, 1.807) is 0 Å². The van der Waals surface area contributed by atoms with Crippen LogP contribution in [0.3, 0.4) is 0 Å². The summed E-state index contributed by atoms with van der Waals surface area (Å²) in [6, 6.07) is 4.46. The number of nitrogens with two attached hydrogens (primary N) is 2. The molecule has 0 saturated carbocycles. The van der Waals surface area contributed by atoms with Crippen LogP contribution in [-0.2, 0) is 6.42 Å². The van der Waals surface area contributed by atoms with Crippen LogP contribution >= 0.6 is 0 Å². The fourth-order valence-corrected chi connectivity index (χ4v) is 3.74. The molecule has 0 amide bonds. The van der Waals surface area contributed by atoms with Gasteiger partial charge in [-0.15, -0.1) is 0 Å². The zero-order chi connectivity index (χ0) is 17.4. The first-order chi connectivity index (χ1) is 11.3. The number of halogens is 3. The van der Waals surface area contributed by atoms with Crippen LogP contribution in [-0.4, -0.2) is 37.3 Å². The van der Waals surface area contributed by atoms with E-state index in [0.29, 0.717) is 16.7 Å². The van der Waals surface area contributed by atoms with Crippen molar-refractivity contribution in [1.82, 2.24) is 10.2 Å². The normalized spacial score (nSPS) is 21.0. The van der Waals surface area contributed by atoms with Gasteiger partial charge in [0.15, 0.2) is 0 Å². The van der Waals surface area contributed by atoms with Gasteiger partial charge in [-0.05, 0) is 43.6 Å². The van der Waals surface area contributed by atoms with Crippen molar-refractivity contribution < 1.29 is 13.2 Å². The van der Waals surface area contributed by atoms with E-state index in [2.05, 4.69) is 10.2 Å². The number of nitrogens with zero attached hydrogens (tertiary/aromatic N) is 1. The largest absolute Gasteiger partial charge is 0.403 e. The Labute approximate surface area is 139 Å². The molecule has 7 heteroatoms. The molecule has 2 heterocycles. The van der Waals surface area contributed by atoms with Gasteiger partial charge >= 0.3 is 6.18 Å². The molecule has 132 valence electrons. The highest BCUT2D eigenvalue weighted by Crippen LogP contribution is 2.43. The molecule has 2 saturated heterocycles. The lowest BCUT2D eigenvalue weighted by atomic mass is 9.72. The third kappa shape index (κ3) is 3.45. The van der Waals surface area contributed by atoms with Crippen molar-refractivity contribution >= 4 is 11.4 Å². The molecule has 2 aliphatic heterocycles. The van der Waals surface area contributed by atoms with E-state index >= 15 is 0 Å². The maximum absolute atomic E-state index is 12.6. The number of hydrogen-bond donors (Lipinski definition) is 3. The standard InChI is InChI=1S/C17H23F3N4/c18-17(19,20)8-12-1-2-14(22)13(7-12)15(9-21)24-10-16(11-24)3-5-23-6-4-16/h1-2,7,9,23H,3-6,8,10-11,21-22H2/b15-9+. The molecule has 0 aromatic heterocycles. The first kappa shape index (κ1) is 17.0. The summed E-state index contributed by atoms with van der Waals surface area (Å²) in [6.07, 6.45) is -1.52. The molecular weight excluding hydrogens is 317 g/mol. The Morgan fingerprint density at radius 2 is 1.92 bits per heavy atom. The van der Waals surface area contributed by atoms with Gasteiger partial charge in [-0.3, -0.25) is 0 Å². The number of rotatable bonds is 3. The fourth-order valence-electron chi connectivity index (χ4n) is 3.74. The molecule has 0 bridgehead atoms. The molecule has 2 fully saturated rings. The van der Waals surface area contributed by atoms with E-state index in [4.69, 9.17) is 11.5 Å². The second-order valence-corrected chi connectivity index (χ2v) is 6.87. The van der Waals surface area contributed by atoms with E-state index in [0.717, 1.165) is 44.7 Å². The van der Waals surface area contributed by atoms with Crippen LogP contribution in [0.5, 0.6) is 0 Å². The summed E-state index contributed by atoms with van der Waals surface area (Å²) in [5, 5.41) is 3.35. The van der Waals surface area contributed by atoms with Crippen LogP contribution in [0.25, 0.3) is 5.70 Å². The lowest BCUT2D eigenvalue weighted by molar-refractivity contribution is -0.127. The van der Waals surface area contributed by atoms with Crippen molar-refractivity contribution in [3.05, 3.63) is 35.5 Å². The van der Waals surface area contributed by atoms with Gasteiger partial charge in [0, 0.05) is 36.0 Å². The molecule has 0 unspecified atom stereocenters. The Balaban J connectivity index is 1.78. The van der Waals surface area contributed by atoms with Gasteiger partial charge in [-0.1, -0.05) is 6.07 Å². The molecule has 5 N–H and O–H groups in total. The topological polar surface area (TPSA) is 67.3 Å². The lowest BCUT2D eigenvalue weighted by Gasteiger charge is -2.54. The maximum atomic E-state index is 12.6. The minimum absolute atomic E-state index is 0.197. The van der Waals surface area contributed by atoms with Crippen molar-refractivity contribution in [2.75, 3.05) is 31.9 Å². The molecule has 1 spiro atoms. The molecular formula is C17H23F3N4. The Morgan fingerprint density at radius 1 is 1.25 bits per heavy atom. The fraction of sp³-hybridized carbons (Fsp3) is 0.529. The number of nitrogen functional groups attached to an aromatic ring is 1. The van der Waals surface area contributed by atoms with Crippen LogP contribution in [0, 0.1) is 5.41 Å². The van der Waals surface area contributed by atoms with Gasteiger partial charge in [0.25, 0.3) is 0 Å². The molecule has 4 nitrogen and oxygen atoms in total. The number of hydrogen-bond acceptors (Lipinski definition) is 4. The molecule has 3 rings (SSSR count). The van der Waals surface area contributed by atoms with E-state index < -0.39 is 12.6 Å². The highest BCUT2D eigenvalue weighted by molar-refractivity contribution is 5.75. The molecule has 0 atom stereocenters. The van der Waals surface area contributed by atoms with E-state index in [1.165, 1.54) is 24.4 Å². The van der Waals surface area contributed by atoms with E-state index in [9.17, 15) is 13.2 Å². The highest BCUT2D eigenvalue weighted by atomic mass is 19.4. The maximum Gasteiger partial charge on any atom is 0.393 e. The third-order valence-electron chi connectivity index (χ3n) is 5.01. The van der Waals surface area contributed by atoms with Gasteiger partial charge < -0.3 is 21.7 Å². The predicted molar refractivity (Wildman–Crippen MR) is 88.9 cm³/mol. The quantitative estimate of drug-likeness (QED) is 0.739. The number of benzene rings is 1. The summed E-state index contributed by atoms with van der Waals surface area (Å²) in [5.74, 6) is 0. The van der Waals surface area contributed by atoms with Crippen LogP contribution in [0.15, 0.2) is 24.4 Å².